The maximum absolute atomic E-state index is 14.6. The Hall–Kier alpha value is -3.06. The number of hydrogen-bond acceptors (Lipinski definition) is 5. The van der Waals surface area contributed by atoms with E-state index in [1.165, 1.54) is 18.7 Å². The average molecular weight is 613 g/mol. The van der Waals surface area contributed by atoms with Crippen molar-refractivity contribution in [3.8, 4) is 5.75 Å². The molecule has 0 aliphatic heterocycles. The van der Waals surface area contributed by atoms with Crippen molar-refractivity contribution in [3.63, 3.8) is 0 Å². The highest BCUT2D eigenvalue weighted by molar-refractivity contribution is 6.32. The molecule has 0 aromatic heterocycles. The van der Waals surface area contributed by atoms with Crippen molar-refractivity contribution < 1.29 is 23.4 Å². The van der Waals surface area contributed by atoms with Crippen molar-refractivity contribution in [2.75, 3.05) is 26.1 Å². The molecule has 5 nitrogen and oxygen atoms in total. The van der Waals surface area contributed by atoms with E-state index in [0.29, 0.717) is 43.9 Å². The van der Waals surface area contributed by atoms with Gasteiger partial charge in [0.05, 0.1) is 25.8 Å². The summed E-state index contributed by atoms with van der Waals surface area (Å²) in [6, 6.07) is 18.5. The van der Waals surface area contributed by atoms with Crippen LogP contribution in [0.15, 0.2) is 66.2 Å². The Balaban J connectivity index is 1.35. The van der Waals surface area contributed by atoms with Crippen molar-refractivity contribution in [3.05, 3.63) is 98.8 Å². The zero-order valence-corrected chi connectivity index (χ0v) is 25.7. The molecule has 1 spiro atoms. The Kier molecular flexibility index (Phi) is 9.17. The van der Waals surface area contributed by atoms with Gasteiger partial charge in [0.2, 0.25) is 0 Å². The number of anilines is 1. The summed E-state index contributed by atoms with van der Waals surface area (Å²) in [4.78, 5) is 13.2. The molecule has 0 radical (unpaired) electrons. The molecule has 2 aliphatic carbocycles. The first-order valence-corrected chi connectivity index (χ1v) is 15.0. The van der Waals surface area contributed by atoms with E-state index in [1.54, 1.807) is 13.2 Å². The molecule has 0 amide bonds. The quantitative estimate of drug-likeness (QED) is 0.233. The zero-order valence-electron chi connectivity index (χ0n) is 24.1. The van der Waals surface area contributed by atoms with Gasteiger partial charge in [0, 0.05) is 28.3 Å². The number of halogens is 3. The third-order valence-corrected chi connectivity index (χ3v) is 9.34. The topological polar surface area (TPSA) is 56.8 Å². The van der Waals surface area contributed by atoms with Gasteiger partial charge in [-0.15, -0.1) is 0 Å². The molecule has 1 N–H and O–H groups in total. The lowest BCUT2D eigenvalue weighted by atomic mass is 9.61. The first kappa shape index (κ1) is 30.4. The lowest BCUT2D eigenvalue weighted by molar-refractivity contribution is -0.147. The Morgan fingerprint density at radius 3 is 2.43 bits per heavy atom. The molecule has 222 valence electrons. The van der Waals surface area contributed by atoms with Crippen LogP contribution in [0, 0.1) is 11.7 Å². The molecule has 42 heavy (non-hydrogen) atoms. The van der Waals surface area contributed by atoms with Crippen LogP contribution in [-0.2, 0) is 26.3 Å². The fourth-order valence-corrected chi connectivity index (χ4v) is 6.92. The van der Waals surface area contributed by atoms with Gasteiger partial charge in [-0.3, -0.25) is 0 Å². The van der Waals surface area contributed by atoms with Gasteiger partial charge in [0.15, 0.2) is 0 Å². The molecule has 8 heteroatoms. The minimum atomic E-state index is -0.907. The molecule has 0 unspecified atom stereocenters. The summed E-state index contributed by atoms with van der Waals surface area (Å²) < 4.78 is 31.2. The van der Waals surface area contributed by atoms with E-state index in [1.807, 2.05) is 48.5 Å². The van der Waals surface area contributed by atoms with Crippen LogP contribution < -0.4 is 10.1 Å². The molecule has 1 saturated carbocycles. The summed E-state index contributed by atoms with van der Waals surface area (Å²) in [5, 5.41) is 4.18. The van der Waals surface area contributed by atoms with Crippen LogP contribution in [0.25, 0.3) is 6.08 Å². The number of fused-ring (bicyclic) bond motifs is 2. The number of hydrogen-bond donors (Lipinski definition) is 1. The van der Waals surface area contributed by atoms with Gasteiger partial charge in [0.25, 0.3) is 0 Å². The molecule has 0 saturated heterocycles. The lowest BCUT2D eigenvalue weighted by Crippen LogP contribution is -2.52. The second-order valence-corrected chi connectivity index (χ2v) is 12.3. The Morgan fingerprint density at radius 2 is 1.76 bits per heavy atom. The first-order valence-electron chi connectivity index (χ1n) is 14.2. The van der Waals surface area contributed by atoms with Gasteiger partial charge in [-0.25, -0.2) is 9.18 Å². The molecule has 2 aliphatic rings. The van der Waals surface area contributed by atoms with Gasteiger partial charge in [-0.05, 0) is 85.5 Å². The lowest BCUT2D eigenvalue weighted by Gasteiger charge is -2.46. The molecule has 0 bridgehead atoms. The van der Waals surface area contributed by atoms with Crippen molar-refractivity contribution in [1.29, 1.82) is 0 Å². The Bertz CT molecular complexity index is 1460. The highest BCUT2D eigenvalue weighted by Crippen LogP contribution is 2.56. The van der Waals surface area contributed by atoms with E-state index < -0.39 is 11.4 Å². The highest BCUT2D eigenvalue weighted by atomic mass is 35.5. The van der Waals surface area contributed by atoms with Crippen molar-refractivity contribution in [1.82, 2.24) is 0 Å². The van der Waals surface area contributed by atoms with Gasteiger partial charge >= 0.3 is 5.97 Å². The molecular weight excluding hydrogens is 576 g/mol. The molecule has 3 aromatic rings. The zero-order chi connectivity index (χ0) is 29.9. The van der Waals surface area contributed by atoms with Crippen LogP contribution in [-0.4, -0.2) is 32.3 Å². The van der Waals surface area contributed by atoms with Crippen molar-refractivity contribution in [2.45, 2.75) is 56.6 Å². The number of nitrogens with one attached hydrogen (secondary N) is 1. The molecule has 1 fully saturated rings. The standard InChI is InChI=1S/C34H36Cl2FNO4/c1-22(20-42-21-23-7-9-27(40-2)10-8-23)17-24-18-28-29(11-12-30(37)31(28)36)33(24)13-15-34(16-14-33,32(39)41-3)38-26-6-4-5-25(35)19-26/h4-12,18-19,22,38H,13-17,20-21H2,1-3H3/t22-,33?,34?/m1/s1. The maximum atomic E-state index is 14.6. The van der Waals surface area contributed by atoms with E-state index >= 15 is 0 Å². The van der Waals surface area contributed by atoms with Crippen LogP contribution in [0.2, 0.25) is 10.0 Å². The number of esters is 1. The average Bonchev–Trinajstić information content (AvgIpc) is 3.29. The Morgan fingerprint density at radius 1 is 1.02 bits per heavy atom. The number of ether oxygens (including phenoxy) is 3. The van der Waals surface area contributed by atoms with E-state index in [-0.39, 0.29) is 22.3 Å². The number of allylic oxidation sites excluding steroid dienone is 1. The van der Waals surface area contributed by atoms with Crippen LogP contribution >= 0.6 is 23.2 Å². The second kappa shape index (κ2) is 12.7. The Labute approximate surface area is 257 Å². The van der Waals surface area contributed by atoms with E-state index in [2.05, 4.69) is 18.3 Å². The van der Waals surface area contributed by atoms with Crippen LogP contribution in [0.1, 0.15) is 55.7 Å². The largest absolute Gasteiger partial charge is 0.497 e. The molecule has 3 aromatic carbocycles. The summed E-state index contributed by atoms with van der Waals surface area (Å²) in [6.45, 7) is 3.24. The SMILES string of the molecule is COC(=O)C1(Nc2cccc(Cl)c2)CCC2(CC1)C(C[C@@H](C)COCc1ccc(OC)cc1)=Cc1c2ccc(F)c1Cl. The maximum Gasteiger partial charge on any atom is 0.331 e. The number of methoxy groups -OCH3 is 2. The molecule has 0 heterocycles. The van der Waals surface area contributed by atoms with Gasteiger partial charge in [-0.2, -0.15) is 0 Å². The van der Waals surface area contributed by atoms with Gasteiger partial charge in [-0.1, -0.05) is 66.0 Å². The monoisotopic (exact) mass is 611 g/mol. The van der Waals surface area contributed by atoms with E-state index in [9.17, 15) is 9.18 Å². The smallest absolute Gasteiger partial charge is 0.331 e. The molecular formula is C34H36Cl2FNO4. The van der Waals surface area contributed by atoms with Crippen molar-refractivity contribution in [2.24, 2.45) is 5.92 Å². The predicted molar refractivity (Wildman–Crippen MR) is 166 cm³/mol. The van der Waals surface area contributed by atoms with E-state index in [4.69, 9.17) is 37.4 Å². The number of benzene rings is 3. The summed E-state index contributed by atoms with van der Waals surface area (Å²) in [5.74, 6) is 0.285. The predicted octanol–water partition coefficient (Wildman–Crippen LogP) is 8.62. The molecule has 1 atom stereocenters. The fourth-order valence-electron chi connectivity index (χ4n) is 6.51. The van der Waals surface area contributed by atoms with Crippen LogP contribution in [0.3, 0.4) is 0 Å². The third kappa shape index (κ3) is 6.03. The highest BCUT2D eigenvalue weighted by Gasteiger charge is 2.52. The minimum absolute atomic E-state index is 0.146. The second-order valence-electron chi connectivity index (χ2n) is 11.5. The third-order valence-electron chi connectivity index (χ3n) is 8.72. The number of carbonyl (C=O) groups excluding carboxylic acids is 1. The van der Waals surface area contributed by atoms with Gasteiger partial charge in [0.1, 0.15) is 17.1 Å². The van der Waals surface area contributed by atoms with Crippen molar-refractivity contribution >= 4 is 40.9 Å². The normalized spacial score (nSPS) is 21.9. The van der Waals surface area contributed by atoms with Crippen LogP contribution in [0.4, 0.5) is 10.1 Å². The minimum Gasteiger partial charge on any atom is -0.497 e. The van der Waals surface area contributed by atoms with Crippen LogP contribution in [0.5, 0.6) is 5.75 Å². The summed E-state index contributed by atoms with van der Waals surface area (Å²) in [5.41, 5.74) is 3.54. The first-order chi connectivity index (χ1) is 20.2. The van der Waals surface area contributed by atoms with E-state index in [0.717, 1.165) is 34.5 Å². The summed E-state index contributed by atoms with van der Waals surface area (Å²) in [7, 11) is 3.07. The summed E-state index contributed by atoms with van der Waals surface area (Å²) >= 11 is 12.7. The fraction of sp³-hybridized carbons (Fsp3) is 0.382. The number of carbonyl (C=O) groups is 1. The number of rotatable bonds is 10. The van der Waals surface area contributed by atoms with Gasteiger partial charge < -0.3 is 19.5 Å². The summed E-state index contributed by atoms with van der Waals surface area (Å²) in [6.07, 6.45) is 5.24. The molecule has 5 rings (SSSR count).